The van der Waals surface area contributed by atoms with Gasteiger partial charge in [-0.05, 0) is 64.0 Å². The summed E-state index contributed by atoms with van der Waals surface area (Å²) in [5.74, 6) is 0.251. The SMILES string of the molecule is CC(C)(C)OC(=O)N1[C@@H]2CC[C@H]1C[C@@H](COC(=O)Nc1ccccc1-c1ccccc1)C2. The predicted octanol–water partition coefficient (Wildman–Crippen LogP) is 6.08. The first-order valence-corrected chi connectivity index (χ1v) is 11.4. The lowest BCUT2D eigenvalue weighted by atomic mass is 9.92. The van der Waals surface area contributed by atoms with Gasteiger partial charge < -0.3 is 14.4 Å². The van der Waals surface area contributed by atoms with Gasteiger partial charge in [-0.25, -0.2) is 9.59 Å². The lowest BCUT2D eigenvalue weighted by molar-refractivity contribution is -0.00262. The van der Waals surface area contributed by atoms with Crippen LogP contribution in [0.2, 0.25) is 0 Å². The maximum atomic E-state index is 12.6. The third kappa shape index (κ3) is 5.23. The highest BCUT2D eigenvalue weighted by Crippen LogP contribution is 2.39. The second-order valence-electron chi connectivity index (χ2n) is 9.75. The Morgan fingerprint density at radius 1 is 0.969 bits per heavy atom. The van der Waals surface area contributed by atoms with Gasteiger partial charge >= 0.3 is 12.2 Å². The van der Waals surface area contributed by atoms with Crippen molar-refractivity contribution >= 4 is 17.9 Å². The van der Waals surface area contributed by atoms with E-state index in [2.05, 4.69) is 5.32 Å². The number of fused-ring (bicyclic) bond motifs is 2. The van der Waals surface area contributed by atoms with Crippen LogP contribution in [-0.2, 0) is 9.47 Å². The minimum absolute atomic E-state index is 0.166. The fourth-order valence-corrected chi connectivity index (χ4v) is 4.84. The number of carbonyl (C=O) groups excluding carboxylic acids is 2. The van der Waals surface area contributed by atoms with Crippen LogP contribution in [0.15, 0.2) is 54.6 Å². The Labute approximate surface area is 189 Å². The highest BCUT2D eigenvalue weighted by atomic mass is 16.6. The molecule has 0 radical (unpaired) electrons. The van der Waals surface area contributed by atoms with E-state index < -0.39 is 11.7 Å². The van der Waals surface area contributed by atoms with Crippen LogP contribution in [0.4, 0.5) is 15.3 Å². The molecule has 2 aromatic carbocycles. The van der Waals surface area contributed by atoms with Crippen molar-refractivity contribution < 1.29 is 19.1 Å². The number of nitrogens with zero attached hydrogens (tertiary/aromatic N) is 1. The van der Waals surface area contributed by atoms with Crippen LogP contribution >= 0.6 is 0 Å². The number of benzene rings is 2. The summed E-state index contributed by atoms with van der Waals surface area (Å²) >= 11 is 0. The molecule has 2 saturated heterocycles. The molecule has 170 valence electrons. The van der Waals surface area contributed by atoms with Crippen LogP contribution in [0.3, 0.4) is 0 Å². The highest BCUT2D eigenvalue weighted by Gasteiger charge is 2.45. The lowest BCUT2D eigenvalue weighted by Crippen LogP contribution is -2.49. The Morgan fingerprint density at radius 2 is 1.59 bits per heavy atom. The van der Waals surface area contributed by atoms with Crippen molar-refractivity contribution in [2.24, 2.45) is 5.92 Å². The molecule has 2 aliphatic heterocycles. The molecule has 2 heterocycles. The van der Waals surface area contributed by atoms with E-state index in [1.54, 1.807) is 0 Å². The molecule has 4 rings (SSSR count). The van der Waals surface area contributed by atoms with E-state index in [-0.39, 0.29) is 24.1 Å². The van der Waals surface area contributed by atoms with E-state index in [9.17, 15) is 9.59 Å². The number of piperidine rings is 1. The molecule has 6 nitrogen and oxygen atoms in total. The normalized spacial score (nSPS) is 22.3. The Hall–Kier alpha value is -3.02. The number of amides is 2. The van der Waals surface area contributed by atoms with Gasteiger partial charge in [0, 0.05) is 17.6 Å². The summed E-state index contributed by atoms with van der Waals surface area (Å²) in [5, 5.41) is 2.89. The summed E-state index contributed by atoms with van der Waals surface area (Å²) in [4.78, 5) is 27.1. The summed E-state index contributed by atoms with van der Waals surface area (Å²) in [6.45, 7) is 6.03. The molecule has 2 amide bonds. The number of hydrogen-bond acceptors (Lipinski definition) is 4. The Morgan fingerprint density at radius 3 is 2.25 bits per heavy atom. The number of hydrogen-bond donors (Lipinski definition) is 1. The third-order valence-electron chi connectivity index (χ3n) is 6.13. The predicted molar refractivity (Wildman–Crippen MR) is 124 cm³/mol. The molecule has 2 bridgehead atoms. The maximum absolute atomic E-state index is 12.6. The summed E-state index contributed by atoms with van der Waals surface area (Å²) in [6.07, 6.45) is 2.97. The Kier molecular flexibility index (Phi) is 6.40. The standard InChI is InChI=1S/C26H32N2O4/c1-26(2,3)32-25(30)28-20-13-14-21(28)16-18(15-20)17-31-24(29)27-23-12-8-7-11-22(23)19-9-5-4-6-10-19/h4-12,18,20-21H,13-17H2,1-3H3,(H,27,29)/t18-,20+,21-. The molecule has 1 N–H and O–H groups in total. The quantitative estimate of drug-likeness (QED) is 0.631. The average Bonchev–Trinajstić information content (AvgIpc) is 3.03. The largest absolute Gasteiger partial charge is 0.449 e. The van der Waals surface area contributed by atoms with Gasteiger partial charge in [-0.3, -0.25) is 5.32 Å². The minimum Gasteiger partial charge on any atom is -0.449 e. The van der Waals surface area contributed by atoms with Crippen molar-refractivity contribution in [3.8, 4) is 11.1 Å². The van der Waals surface area contributed by atoms with Gasteiger partial charge in [0.05, 0.1) is 12.3 Å². The van der Waals surface area contributed by atoms with Crippen molar-refractivity contribution in [3.63, 3.8) is 0 Å². The van der Waals surface area contributed by atoms with Crippen molar-refractivity contribution in [1.82, 2.24) is 4.90 Å². The first-order chi connectivity index (χ1) is 15.3. The van der Waals surface area contributed by atoms with Crippen LogP contribution in [0.5, 0.6) is 0 Å². The fraction of sp³-hybridized carbons (Fsp3) is 0.462. The van der Waals surface area contributed by atoms with Crippen molar-refractivity contribution in [3.05, 3.63) is 54.6 Å². The van der Waals surface area contributed by atoms with Gasteiger partial charge in [0.2, 0.25) is 0 Å². The molecule has 2 aromatic rings. The summed E-state index contributed by atoms with van der Waals surface area (Å²) in [5.41, 5.74) is 2.22. The highest BCUT2D eigenvalue weighted by molar-refractivity contribution is 5.91. The molecule has 0 saturated carbocycles. The zero-order valence-electron chi connectivity index (χ0n) is 19.0. The molecule has 32 heavy (non-hydrogen) atoms. The van der Waals surface area contributed by atoms with Gasteiger partial charge in [0.1, 0.15) is 5.60 Å². The number of para-hydroxylation sites is 1. The van der Waals surface area contributed by atoms with Gasteiger partial charge in [-0.1, -0.05) is 48.5 Å². The van der Waals surface area contributed by atoms with Gasteiger partial charge in [0.25, 0.3) is 0 Å². The van der Waals surface area contributed by atoms with E-state index in [1.165, 1.54) is 0 Å². The molecule has 6 heteroatoms. The van der Waals surface area contributed by atoms with Crippen molar-refractivity contribution in [2.75, 3.05) is 11.9 Å². The Balaban J connectivity index is 1.32. The third-order valence-corrected chi connectivity index (χ3v) is 6.13. The number of nitrogens with one attached hydrogen (secondary N) is 1. The number of anilines is 1. The first-order valence-electron chi connectivity index (χ1n) is 11.4. The van der Waals surface area contributed by atoms with Crippen LogP contribution in [0, 0.1) is 5.92 Å². The van der Waals surface area contributed by atoms with E-state index in [0.29, 0.717) is 6.61 Å². The Bertz CT molecular complexity index is 940. The fourth-order valence-electron chi connectivity index (χ4n) is 4.84. The van der Waals surface area contributed by atoms with E-state index in [4.69, 9.17) is 9.47 Å². The number of carbonyl (C=O) groups is 2. The second-order valence-corrected chi connectivity index (χ2v) is 9.75. The van der Waals surface area contributed by atoms with E-state index >= 15 is 0 Å². The molecule has 3 atom stereocenters. The molecule has 2 fully saturated rings. The summed E-state index contributed by atoms with van der Waals surface area (Å²) < 4.78 is 11.2. The van der Waals surface area contributed by atoms with Gasteiger partial charge in [0.15, 0.2) is 0 Å². The van der Waals surface area contributed by atoms with Crippen LogP contribution in [0.1, 0.15) is 46.5 Å². The van der Waals surface area contributed by atoms with Gasteiger partial charge in [-0.2, -0.15) is 0 Å². The van der Waals surface area contributed by atoms with Crippen LogP contribution in [-0.4, -0.2) is 41.4 Å². The molecule has 0 aromatic heterocycles. The topological polar surface area (TPSA) is 67.9 Å². The minimum atomic E-state index is -0.495. The maximum Gasteiger partial charge on any atom is 0.411 e. The smallest absolute Gasteiger partial charge is 0.411 e. The zero-order chi connectivity index (χ0) is 22.7. The molecule has 2 aliphatic rings. The summed E-state index contributed by atoms with van der Waals surface area (Å²) in [7, 11) is 0. The van der Waals surface area contributed by atoms with Crippen molar-refractivity contribution in [1.29, 1.82) is 0 Å². The van der Waals surface area contributed by atoms with Crippen molar-refractivity contribution in [2.45, 2.75) is 64.1 Å². The zero-order valence-corrected chi connectivity index (χ0v) is 19.0. The molecule has 0 spiro atoms. The molecule has 0 unspecified atom stereocenters. The summed E-state index contributed by atoms with van der Waals surface area (Å²) in [6, 6.07) is 18.0. The lowest BCUT2D eigenvalue weighted by Gasteiger charge is -2.39. The monoisotopic (exact) mass is 436 g/mol. The molecular formula is C26H32N2O4. The van der Waals surface area contributed by atoms with Crippen LogP contribution in [0.25, 0.3) is 11.1 Å². The molecular weight excluding hydrogens is 404 g/mol. The van der Waals surface area contributed by atoms with Crippen LogP contribution < -0.4 is 5.32 Å². The molecule has 0 aliphatic carbocycles. The number of rotatable bonds is 4. The average molecular weight is 437 g/mol. The van der Waals surface area contributed by atoms with Gasteiger partial charge in [-0.15, -0.1) is 0 Å². The second kappa shape index (κ2) is 9.23. The first kappa shape index (κ1) is 22.2. The number of ether oxygens (including phenoxy) is 2. The van der Waals surface area contributed by atoms with E-state index in [0.717, 1.165) is 42.5 Å². The van der Waals surface area contributed by atoms with E-state index in [1.807, 2.05) is 80.3 Å².